The van der Waals surface area contributed by atoms with Gasteiger partial charge in [-0.25, -0.2) is 0 Å². The number of nitro groups is 1. The van der Waals surface area contributed by atoms with Gasteiger partial charge in [0, 0.05) is 26.1 Å². The van der Waals surface area contributed by atoms with E-state index in [0.29, 0.717) is 0 Å². The van der Waals surface area contributed by atoms with E-state index in [1.165, 1.54) is 12.1 Å². The predicted octanol–water partition coefficient (Wildman–Crippen LogP) is 2.16. The van der Waals surface area contributed by atoms with Crippen LogP contribution in [-0.2, 0) is 4.79 Å². The van der Waals surface area contributed by atoms with Gasteiger partial charge in [0.1, 0.15) is 5.69 Å². The number of para-hydroxylation sites is 1. The van der Waals surface area contributed by atoms with E-state index in [0.717, 1.165) is 32.0 Å². The van der Waals surface area contributed by atoms with E-state index < -0.39 is 16.4 Å². The summed E-state index contributed by atoms with van der Waals surface area (Å²) in [7, 11) is 0. The molecule has 7 heteroatoms. The van der Waals surface area contributed by atoms with Crippen molar-refractivity contribution in [2.24, 2.45) is 0 Å². The molecule has 108 valence electrons. The number of nitrogens with zero attached hydrogens (tertiary/aromatic N) is 2. The summed E-state index contributed by atoms with van der Waals surface area (Å²) in [6.07, 6.45) is 2.29. The first kappa shape index (κ1) is 14.2. The minimum Gasteiger partial charge on any atom is -0.379 e. The highest BCUT2D eigenvalue weighted by Gasteiger charge is 2.21. The summed E-state index contributed by atoms with van der Waals surface area (Å²) in [4.78, 5) is 23.6. The molecule has 6 nitrogen and oxygen atoms in total. The minimum absolute atomic E-state index is 0.0223. The van der Waals surface area contributed by atoms with Crippen LogP contribution < -0.4 is 5.32 Å². The molecule has 1 saturated heterocycles. The molecule has 2 rings (SSSR count). The second kappa shape index (κ2) is 6.31. The van der Waals surface area contributed by atoms with Crippen LogP contribution in [0.4, 0.5) is 15.8 Å². The molecule has 20 heavy (non-hydrogen) atoms. The maximum atomic E-state index is 13.4. The van der Waals surface area contributed by atoms with E-state index in [2.05, 4.69) is 5.32 Å². The minimum atomic E-state index is -0.883. The molecule has 0 aromatic heterocycles. The molecular formula is C13H16FN3O3. The van der Waals surface area contributed by atoms with Crippen LogP contribution in [0.5, 0.6) is 0 Å². The second-order valence-electron chi connectivity index (χ2n) is 4.66. The fourth-order valence-corrected chi connectivity index (χ4v) is 2.27. The summed E-state index contributed by atoms with van der Waals surface area (Å²) in [5, 5.41) is 13.6. The lowest BCUT2D eigenvalue weighted by Crippen LogP contribution is -2.29. The van der Waals surface area contributed by atoms with E-state index in [1.54, 1.807) is 4.90 Å². The first-order valence-electron chi connectivity index (χ1n) is 6.54. The summed E-state index contributed by atoms with van der Waals surface area (Å²) in [5.41, 5.74) is -0.481. The zero-order valence-electron chi connectivity index (χ0n) is 11.0. The molecule has 1 fully saturated rings. The Morgan fingerprint density at radius 1 is 1.40 bits per heavy atom. The highest BCUT2D eigenvalue weighted by atomic mass is 19.1. The summed E-state index contributed by atoms with van der Waals surface area (Å²) in [6, 6.07) is 3.87. The largest absolute Gasteiger partial charge is 0.379 e. The van der Waals surface area contributed by atoms with Crippen molar-refractivity contribution >= 4 is 17.3 Å². The van der Waals surface area contributed by atoms with E-state index in [9.17, 15) is 19.3 Å². The Morgan fingerprint density at radius 3 is 2.75 bits per heavy atom. The molecule has 0 unspecified atom stereocenters. The number of halogens is 1. The van der Waals surface area contributed by atoms with Gasteiger partial charge in [-0.1, -0.05) is 6.07 Å². The average Bonchev–Trinajstić information content (AvgIpc) is 2.92. The van der Waals surface area contributed by atoms with Gasteiger partial charge in [0.05, 0.1) is 4.92 Å². The first-order chi connectivity index (χ1) is 9.59. The Hall–Kier alpha value is -2.18. The number of nitrogens with one attached hydrogen (secondary N) is 1. The number of hydrogen-bond donors (Lipinski definition) is 1. The SMILES string of the molecule is O=C(CCNc1cccc(F)c1[N+](=O)[O-])N1CCCC1. The molecule has 1 amide bonds. The lowest BCUT2D eigenvalue weighted by molar-refractivity contribution is -0.386. The van der Waals surface area contributed by atoms with Crippen molar-refractivity contribution in [3.63, 3.8) is 0 Å². The van der Waals surface area contributed by atoms with E-state index >= 15 is 0 Å². The monoisotopic (exact) mass is 281 g/mol. The molecule has 0 atom stereocenters. The zero-order chi connectivity index (χ0) is 14.5. The summed E-state index contributed by atoms with van der Waals surface area (Å²) in [6.45, 7) is 1.80. The number of hydrogen-bond acceptors (Lipinski definition) is 4. The van der Waals surface area contributed by atoms with E-state index in [4.69, 9.17) is 0 Å². The molecule has 0 bridgehead atoms. The van der Waals surface area contributed by atoms with Crippen LogP contribution in [0.3, 0.4) is 0 Å². The van der Waals surface area contributed by atoms with Gasteiger partial charge in [0.2, 0.25) is 11.7 Å². The quantitative estimate of drug-likeness (QED) is 0.663. The lowest BCUT2D eigenvalue weighted by atomic mass is 10.2. The number of amides is 1. The summed E-state index contributed by atoms with van der Waals surface area (Å²) >= 11 is 0. The third kappa shape index (κ3) is 3.23. The molecular weight excluding hydrogens is 265 g/mol. The van der Waals surface area contributed by atoms with Crippen molar-refractivity contribution in [3.05, 3.63) is 34.1 Å². The number of carbonyl (C=O) groups excluding carboxylic acids is 1. The number of carbonyl (C=O) groups is 1. The van der Waals surface area contributed by atoms with Crippen LogP contribution >= 0.6 is 0 Å². The molecule has 0 saturated carbocycles. The molecule has 0 aliphatic carbocycles. The van der Waals surface area contributed by atoms with Gasteiger partial charge < -0.3 is 10.2 Å². The Labute approximate surface area is 115 Å². The average molecular weight is 281 g/mol. The van der Waals surface area contributed by atoms with Crippen molar-refractivity contribution in [2.45, 2.75) is 19.3 Å². The Morgan fingerprint density at radius 2 is 2.10 bits per heavy atom. The highest BCUT2D eigenvalue weighted by molar-refractivity contribution is 5.77. The standard InChI is InChI=1S/C13H16FN3O3/c14-10-4-3-5-11(13(10)17(19)20)15-7-6-12(18)16-8-1-2-9-16/h3-5,15H,1-2,6-9H2. The highest BCUT2D eigenvalue weighted by Crippen LogP contribution is 2.27. The van der Waals surface area contributed by atoms with Gasteiger partial charge in [0.15, 0.2) is 0 Å². The predicted molar refractivity (Wildman–Crippen MR) is 72.0 cm³/mol. The normalized spacial score (nSPS) is 14.3. The second-order valence-corrected chi connectivity index (χ2v) is 4.66. The fourth-order valence-electron chi connectivity index (χ4n) is 2.27. The maximum Gasteiger partial charge on any atom is 0.327 e. The molecule has 1 N–H and O–H groups in total. The smallest absolute Gasteiger partial charge is 0.327 e. The van der Waals surface area contributed by atoms with Crippen LogP contribution in [0.25, 0.3) is 0 Å². The molecule has 1 heterocycles. The van der Waals surface area contributed by atoms with Crippen LogP contribution in [0, 0.1) is 15.9 Å². The number of benzene rings is 1. The number of anilines is 1. The lowest BCUT2D eigenvalue weighted by Gasteiger charge is -2.15. The number of likely N-dealkylation sites (tertiary alicyclic amines) is 1. The van der Waals surface area contributed by atoms with Crippen LogP contribution in [0.1, 0.15) is 19.3 Å². The van der Waals surface area contributed by atoms with Crippen molar-refractivity contribution in [2.75, 3.05) is 25.0 Å². The third-order valence-electron chi connectivity index (χ3n) is 3.28. The van der Waals surface area contributed by atoms with Gasteiger partial charge in [-0.15, -0.1) is 0 Å². The van der Waals surface area contributed by atoms with Crippen molar-refractivity contribution < 1.29 is 14.1 Å². The molecule has 1 aliphatic heterocycles. The van der Waals surface area contributed by atoms with Crippen molar-refractivity contribution in [3.8, 4) is 0 Å². The Balaban J connectivity index is 1.92. The van der Waals surface area contributed by atoms with Crippen LogP contribution in [-0.4, -0.2) is 35.4 Å². The Bertz CT molecular complexity index is 516. The molecule has 0 radical (unpaired) electrons. The molecule has 0 spiro atoms. The molecule has 1 aliphatic rings. The van der Waals surface area contributed by atoms with Gasteiger partial charge in [-0.2, -0.15) is 4.39 Å². The van der Waals surface area contributed by atoms with Gasteiger partial charge in [-0.05, 0) is 25.0 Å². The van der Waals surface area contributed by atoms with Crippen molar-refractivity contribution in [1.29, 1.82) is 0 Å². The number of rotatable bonds is 5. The fraction of sp³-hybridized carbons (Fsp3) is 0.462. The van der Waals surface area contributed by atoms with Crippen LogP contribution in [0.2, 0.25) is 0 Å². The summed E-state index contributed by atoms with van der Waals surface area (Å²) < 4.78 is 13.4. The van der Waals surface area contributed by atoms with Crippen molar-refractivity contribution in [1.82, 2.24) is 4.90 Å². The van der Waals surface area contributed by atoms with Crippen LogP contribution in [0.15, 0.2) is 18.2 Å². The van der Waals surface area contributed by atoms with E-state index in [1.807, 2.05) is 0 Å². The van der Waals surface area contributed by atoms with Gasteiger partial charge in [0.25, 0.3) is 0 Å². The number of nitro benzene ring substituents is 1. The zero-order valence-corrected chi connectivity index (χ0v) is 11.0. The Kier molecular flexibility index (Phi) is 4.49. The third-order valence-corrected chi connectivity index (χ3v) is 3.28. The first-order valence-corrected chi connectivity index (χ1v) is 6.54. The molecule has 1 aromatic rings. The topological polar surface area (TPSA) is 75.5 Å². The van der Waals surface area contributed by atoms with E-state index in [-0.39, 0.29) is 24.6 Å². The summed E-state index contributed by atoms with van der Waals surface area (Å²) in [5.74, 6) is -0.861. The van der Waals surface area contributed by atoms with Gasteiger partial charge >= 0.3 is 5.69 Å². The molecule has 1 aromatic carbocycles. The maximum absolute atomic E-state index is 13.4. The van der Waals surface area contributed by atoms with Gasteiger partial charge in [-0.3, -0.25) is 14.9 Å².